The minimum atomic E-state index is -0.430. The molecule has 36 heavy (non-hydrogen) atoms. The second-order valence-electron chi connectivity index (χ2n) is 9.86. The van der Waals surface area contributed by atoms with Crippen molar-refractivity contribution >= 4 is 18.3 Å². The first-order chi connectivity index (χ1) is 17.1. The van der Waals surface area contributed by atoms with Crippen molar-refractivity contribution in [2.45, 2.75) is 39.5 Å². The molecular formula is C30H30N2O3S. The average Bonchev–Trinajstić information content (AvgIpc) is 2.83. The number of para-hydroxylation sites is 1. The molecule has 0 aliphatic carbocycles. The molecule has 184 valence electrons. The van der Waals surface area contributed by atoms with Crippen LogP contribution in [0, 0.1) is 4.77 Å². The maximum absolute atomic E-state index is 12.7. The summed E-state index contributed by atoms with van der Waals surface area (Å²) in [5, 5.41) is 11.0. The molecule has 0 aliphatic heterocycles. The van der Waals surface area contributed by atoms with E-state index >= 15 is 0 Å². The number of aromatic hydroxyl groups is 1. The molecular weight excluding hydrogens is 468 g/mol. The van der Waals surface area contributed by atoms with Crippen LogP contribution in [0.4, 0.5) is 0 Å². The van der Waals surface area contributed by atoms with Crippen LogP contribution in [-0.4, -0.2) is 14.7 Å². The smallest absolute Gasteiger partial charge is 0.262 e. The summed E-state index contributed by atoms with van der Waals surface area (Å²) in [5.41, 5.74) is 3.78. The van der Waals surface area contributed by atoms with Gasteiger partial charge < -0.3 is 9.84 Å². The molecule has 5 nitrogen and oxygen atoms in total. The highest BCUT2D eigenvalue weighted by molar-refractivity contribution is 7.71. The molecule has 3 aromatic carbocycles. The number of nitrogens with zero attached hydrogens (tertiary/aromatic N) is 1. The van der Waals surface area contributed by atoms with E-state index in [1.807, 2.05) is 37.3 Å². The lowest BCUT2D eigenvalue weighted by Gasteiger charge is -2.19. The van der Waals surface area contributed by atoms with E-state index in [1.54, 1.807) is 30.3 Å². The number of allylic oxidation sites excluding steroid dienone is 1. The first kappa shape index (κ1) is 25.2. The van der Waals surface area contributed by atoms with Crippen molar-refractivity contribution in [3.8, 4) is 23.1 Å². The third kappa shape index (κ3) is 5.83. The van der Waals surface area contributed by atoms with Gasteiger partial charge in [0.05, 0.1) is 5.69 Å². The third-order valence-corrected chi connectivity index (χ3v) is 6.17. The quantitative estimate of drug-likeness (QED) is 0.273. The summed E-state index contributed by atoms with van der Waals surface area (Å²) in [7, 11) is 0. The summed E-state index contributed by atoms with van der Waals surface area (Å²) in [4.78, 5) is 15.4. The molecule has 0 amide bonds. The first-order valence-electron chi connectivity index (χ1n) is 11.8. The second-order valence-corrected chi connectivity index (χ2v) is 10.2. The van der Waals surface area contributed by atoms with Gasteiger partial charge in [-0.15, -0.1) is 0 Å². The standard InChI is InChI=1S/C30H30N2O3S/c1-20(18-21-10-12-22(13-11-21)30(2,3)4)19-26-27(33)31-29(36)32(28(26)34)23-14-16-25(17-15-23)35-24-8-6-5-7-9-24/h5-17,19,34H,18H2,1-4H3,(H,31,33,36). The normalized spacial score (nSPS) is 11.9. The van der Waals surface area contributed by atoms with Gasteiger partial charge in [0.25, 0.3) is 5.56 Å². The molecule has 0 bridgehead atoms. The molecule has 2 N–H and O–H groups in total. The van der Waals surface area contributed by atoms with E-state index in [0.29, 0.717) is 17.9 Å². The zero-order chi connectivity index (χ0) is 25.9. The number of rotatable bonds is 6. The molecule has 0 saturated carbocycles. The minimum absolute atomic E-state index is 0.0912. The van der Waals surface area contributed by atoms with Crippen molar-refractivity contribution in [1.29, 1.82) is 0 Å². The van der Waals surface area contributed by atoms with Gasteiger partial charge in [0, 0.05) is 0 Å². The van der Waals surface area contributed by atoms with Crippen molar-refractivity contribution < 1.29 is 9.84 Å². The van der Waals surface area contributed by atoms with Crippen LogP contribution in [0.25, 0.3) is 11.8 Å². The van der Waals surface area contributed by atoms with Crippen molar-refractivity contribution in [2.24, 2.45) is 0 Å². The van der Waals surface area contributed by atoms with Crippen LogP contribution in [0.2, 0.25) is 0 Å². The first-order valence-corrected chi connectivity index (χ1v) is 12.2. The van der Waals surface area contributed by atoms with Gasteiger partial charge in [0.1, 0.15) is 17.1 Å². The summed E-state index contributed by atoms with van der Waals surface area (Å²) in [6.45, 7) is 8.50. The Bertz CT molecular complexity index is 1490. The van der Waals surface area contributed by atoms with Gasteiger partial charge >= 0.3 is 0 Å². The van der Waals surface area contributed by atoms with E-state index in [0.717, 1.165) is 16.9 Å². The number of benzene rings is 3. The molecule has 0 aliphatic rings. The predicted octanol–water partition coefficient (Wildman–Crippen LogP) is 7.34. The maximum Gasteiger partial charge on any atom is 0.262 e. The molecule has 1 aromatic heterocycles. The average molecular weight is 499 g/mol. The molecule has 0 spiro atoms. The lowest BCUT2D eigenvalue weighted by Crippen LogP contribution is -2.16. The highest BCUT2D eigenvalue weighted by Crippen LogP contribution is 2.27. The third-order valence-electron chi connectivity index (χ3n) is 5.89. The second kappa shape index (κ2) is 10.4. The summed E-state index contributed by atoms with van der Waals surface area (Å²) in [5.74, 6) is 1.17. The predicted molar refractivity (Wildman–Crippen MR) is 148 cm³/mol. The zero-order valence-corrected chi connectivity index (χ0v) is 21.7. The molecule has 0 radical (unpaired) electrons. The lowest BCUT2D eigenvalue weighted by molar-refractivity contribution is 0.431. The fraction of sp³-hybridized carbons (Fsp3) is 0.200. The van der Waals surface area contributed by atoms with Gasteiger partial charge in [-0.2, -0.15) is 0 Å². The number of aromatic nitrogens is 2. The zero-order valence-electron chi connectivity index (χ0n) is 20.9. The van der Waals surface area contributed by atoms with E-state index < -0.39 is 5.56 Å². The number of hydrogen-bond donors (Lipinski definition) is 2. The Hall–Kier alpha value is -3.90. The molecule has 0 fully saturated rings. The fourth-order valence-corrected chi connectivity index (χ4v) is 4.22. The van der Waals surface area contributed by atoms with Gasteiger partial charge in [-0.25, -0.2) is 0 Å². The topological polar surface area (TPSA) is 67.2 Å². The van der Waals surface area contributed by atoms with Gasteiger partial charge in [0.2, 0.25) is 5.88 Å². The Kier molecular flexibility index (Phi) is 7.27. The molecule has 1 heterocycles. The molecule has 6 heteroatoms. The number of H-pyrrole nitrogens is 1. The maximum atomic E-state index is 12.7. The van der Waals surface area contributed by atoms with E-state index in [4.69, 9.17) is 17.0 Å². The van der Waals surface area contributed by atoms with E-state index in [2.05, 4.69) is 50.0 Å². The molecule has 0 atom stereocenters. The Morgan fingerprint density at radius 2 is 1.58 bits per heavy atom. The van der Waals surface area contributed by atoms with Crippen molar-refractivity contribution in [2.75, 3.05) is 0 Å². The van der Waals surface area contributed by atoms with E-state index in [9.17, 15) is 9.90 Å². The van der Waals surface area contributed by atoms with Crippen LogP contribution in [0.5, 0.6) is 17.4 Å². The Balaban J connectivity index is 1.61. The largest absolute Gasteiger partial charge is 0.494 e. The summed E-state index contributed by atoms with van der Waals surface area (Å²) < 4.78 is 7.40. The van der Waals surface area contributed by atoms with Crippen molar-refractivity contribution in [1.82, 2.24) is 9.55 Å². The number of hydrogen-bond acceptors (Lipinski definition) is 4. The van der Waals surface area contributed by atoms with Gasteiger partial charge in [0.15, 0.2) is 4.77 Å². The summed E-state index contributed by atoms with van der Waals surface area (Å²) in [6, 6.07) is 25.1. The molecule has 0 unspecified atom stereocenters. The summed E-state index contributed by atoms with van der Waals surface area (Å²) >= 11 is 5.36. The number of nitrogens with one attached hydrogen (secondary N) is 1. The van der Waals surface area contributed by atoms with Crippen LogP contribution < -0.4 is 10.3 Å². The Morgan fingerprint density at radius 1 is 0.972 bits per heavy atom. The van der Waals surface area contributed by atoms with Crippen LogP contribution in [0.15, 0.2) is 89.2 Å². The monoisotopic (exact) mass is 498 g/mol. The van der Waals surface area contributed by atoms with Crippen LogP contribution in [0.3, 0.4) is 0 Å². The van der Waals surface area contributed by atoms with Crippen molar-refractivity contribution in [3.63, 3.8) is 0 Å². The molecule has 4 aromatic rings. The highest BCUT2D eigenvalue weighted by atomic mass is 32.1. The van der Waals surface area contributed by atoms with Crippen LogP contribution in [-0.2, 0) is 11.8 Å². The molecule has 4 rings (SSSR count). The van der Waals surface area contributed by atoms with Gasteiger partial charge in [-0.1, -0.05) is 68.8 Å². The van der Waals surface area contributed by atoms with Crippen LogP contribution >= 0.6 is 12.2 Å². The summed E-state index contributed by atoms with van der Waals surface area (Å²) in [6.07, 6.45) is 2.37. The highest BCUT2D eigenvalue weighted by Gasteiger charge is 2.15. The van der Waals surface area contributed by atoms with Crippen molar-refractivity contribution in [3.05, 3.63) is 116 Å². The van der Waals surface area contributed by atoms with Crippen LogP contribution in [0.1, 0.15) is 44.4 Å². The SMILES string of the molecule is CC(=Cc1c(O)n(-c2ccc(Oc3ccccc3)cc2)c(=S)[nH]c1=O)Cc1ccc(C(C)(C)C)cc1. The molecule has 0 saturated heterocycles. The lowest BCUT2D eigenvalue weighted by atomic mass is 9.86. The van der Waals surface area contributed by atoms with E-state index in [1.165, 1.54) is 10.1 Å². The number of aromatic amines is 1. The Labute approximate surface area is 216 Å². The Morgan fingerprint density at radius 3 is 2.19 bits per heavy atom. The minimum Gasteiger partial charge on any atom is -0.494 e. The fourth-order valence-electron chi connectivity index (χ4n) is 3.94. The number of ether oxygens (including phenoxy) is 1. The van der Waals surface area contributed by atoms with Gasteiger partial charge in [-0.05, 0) is 84.6 Å². The van der Waals surface area contributed by atoms with E-state index in [-0.39, 0.29) is 21.6 Å². The van der Waals surface area contributed by atoms with Gasteiger partial charge in [-0.3, -0.25) is 14.3 Å².